The van der Waals surface area contributed by atoms with Gasteiger partial charge >= 0.3 is 0 Å². The van der Waals surface area contributed by atoms with E-state index in [-0.39, 0.29) is 17.5 Å². The van der Waals surface area contributed by atoms with Gasteiger partial charge in [0.25, 0.3) is 0 Å². The van der Waals surface area contributed by atoms with Crippen LogP contribution in [-0.4, -0.2) is 38.3 Å². The summed E-state index contributed by atoms with van der Waals surface area (Å²) in [6.45, 7) is 1.79. The first-order chi connectivity index (χ1) is 7.49. The molecule has 0 spiro atoms. The monoisotopic (exact) mass is 248 g/mol. The molecule has 1 aromatic heterocycles. The van der Waals surface area contributed by atoms with Crippen molar-refractivity contribution in [3.05, 3.63) is 18.0 Å². The first-order valence-electron chi connectivity index (χ1n) is 4.79. The number of aromatic amines is 1. The molecule has 1 heterocycles. The number of nitrogens with one attached hydrogen (secondary N) is 2. The van der Waals surface area contributed by atoms with Crippen LogP contribution in [0, 0.1) is 0 Å². The second-order valence-electron chi connectivity index (χ2n) is 3.50. The fraction of sp³-hybridized carbons (Fsp3) is 0.556. The fourth-order valence-corrected chi connectivity index (χ4v) is 2.53. The van der Waals surface area contributed by atoms with Crippen molar-refractivity contribution in [2.75, 3.05) is 13.7 Å². The molecule has 0 aliphatic carbocycles. The van der Waals surface area contributed by atoms with Crippen LogP contribution in [0.4, 0.5) is 0 Å². The van der Waals surface area contributed by atoms with Crippen LogP contribution in [0.5, 0.6) is 0 Å². The van der Waals surface area contributed by atoms with E-state index in [1.54, 1.807) is 6.92 Å². The minimum atomic E-state index is -3.54. The summed E-state index contributed by atoms with van der Waals surface area (Å²) in [7, 11) is -2.04. The molecule has 0 aliphatic heterocycles. The summed E-state index contributed by atoms with van der Waals surface area (Å²) in [5.74, 6) is 0. The Morgan fingerprint density at radius 3 is 2.81 bits per heavy atom. The second-order valence-corrected chi connectivity index (χ2v) is 5.21. The predicted octanol–water partition coefficient (Wildman–Crippen LogP) is -0.180. The molecule has 3 N–H and O–H groups in total. The lowest BCUT2D eigenvalue weighted by Crippen LogP contribution is -2.35. The summed E-state index contributed by atoms with van der Waals surface area (Å²) < 4.78 is 30.9. The third-order valence-electron chi connectivity index (χ3n) is 1.97. The number of ether oxygens (including phenoxy) is 1. The number of hydrogen-bond acceptors (Lipinski definition) is 4. The Morgan fingerprint density at radius 2 is 2.31 bits per heavy atom. The normalized spacial score (nSPS) is 13.9. The van der Waals surface area contributed by atoms with Crippen molar-refractivity contribution in [3.8, 4) is 0 Å². The Labute approximate surface area is 94.7 Å². The molecule has 0 radical (unpaired) electrons. The second kappa shape index (κ2) is 5.44. The van der Waals surface area contributed by atoms with Gasteiger partial charge in [-0.2, -0.15) is 0 Å². The van der Waals surface area contributed by atoms with Crippen molar-refractivity contribution in [1.29, 1.82) is 0 Å². The van der Waals surface area contributed by atoms with Crippen molar-refractivity contribution in [2.45, 2.75) is 24.5 Å². The summed E-state index contributed by atoms with van der Waals surface area (Å²) in [6.07, 6.45) is 1.34. The number of methoxy groups -OCH3 is 1. The lowest BCUT2D eigenvalue weighted by Gasteiger charge is -2.11. The molecule has 1 rings (SSSR count). The zero-order valence-corrected chi connectivity index (χ0v) is 10.0. The van der Waals surface area contributed by atoms with E-state index >= 15 is 0 Å². The quantitative estimate of drug-likeness (QED) is 0.651. The minimum absolute atomic E-state index is 0.111. The van der Waals surface area contributed by atoms with Gasteiger partial charge in [0, 0.05) is 25.0 Å². The molecule has 0 fully saturated rings. The van der Waals surface area contributed by atoms with Crippen LogP contribution in [0.2, 0.25) is 0 Å². The number of H-pyrrole nitrogens is 1. The Bertz CT molecular complexity index is 426. The van der Waals surface area contributed by atoms with Crippen molar-refractivity contribution in [2.24, 2.45) is 0 Å². The summed E-state index contributed by atoms with van der Waals surface area (Å²) in [4.78, 5) is 2.78. The van der Waals surface area contributed by atoms with E-state index in [2.05, 4.69) is 9.71 Å². The van der Waals surface area contributed by atoms with Gasteiger partial charge in [-0.3, -0.25) is 0 Å². The highest BCUT2D eigenvalue weighted by atomic mass is 32.2. The van der Waals surface area contributed by atoms with Crippen LogP contribution >= 0.6 is 0 Å². The zero-order chi connectivity index (χ0) is 12.2. The van der Waals surface area contributed by atoms with Gasteiger partial charge in [-0.25, -0.2) is 13.1 Å². The number of aromatic nitrogens is 1. The SMILES string of the molecule is COCC(C)NS(=O)(=O)c1c[nH]c(CO)c1. The van der Waals surface area contributed by atoms with E-state index in [0.29, 0.717) is 12.3 Å². The van der Waals surface area contributed by atoms with Crippen molar-refractivity contribution >= 4 is 10.0 Å². The third-order valence-corrected chi connectivity index (χ3v) is 3.54. The highest BCUT2D eigenvalue weighted by Gasteiger charge is 2.18. The maximum atomic E-state index is 11.8. The molecule has 1 unspecified atom stereocenters. The van der Waals surface area contributed by atoms with Crippen molar-refractivity contribution < 1.29 is 18.3 Å². The molecule has 0 bridgehead atoms. The maximum Gasteiger partial charge on any atom is 0.242 e. The molecule has 1 aromatic rings. The minimum Gasteiger partial charge on any atom is -0.390 e. The van der Waals surface area contributed by atoms with Gasteiger partial charge in [0.2, 0.25) is 10.0 Å². The molecule has 7 heteroatoms. The highest BCUT2D eigenvalue weighted by Crippen LogP contribution is 2.11. The van der Waals surface area contributed by atoms with Crippen LogP contribution in [0.25, 0.3) is 0 Å². The average molecular weight is 248 g/mol. The van der Waals surface area contributed by atoms with Crippen molar-refractivity contribution in [3.63, 3.8) is 0 Å². The summed E-state index contributed by atoms with van der Waals surface area (Å²) in [5, 5.41) is 8.82. The predicted molar refractivity (Wildman–Crippen MR) is 58.4 cm³/mol. The van der Waals surface area contributed by atoms with E-state index in [9.17, 15) is 8.42 Å². The summed E-state index contributed by atoms with van der Waals surface area (Å²) in [6, 6.07) is 1.09. The molecule has 0 saturated heterocycles. The van der Waals surface area contributed by atoms with Crippen LogP contribution in [-0.2, 0) is 21.4 Å². The number of sulfonamides is 1. The molecule has 0 aromatic carbocycles. The van der Waals surface area contributed by atoms with E-state index in [1.807, 2.05) is 0 Å². The Balaban J connectivity index is 2.77. The number of hydrogen-bond donors (Lipinski definition) is 3. The van der Waals surface area contributed by atoms with Crippen LogP contribution < -0.4 is 4.72 Å². The van der Waals surface area contributed by atoms with Gasteiger partial charge in [0.1, 0.15) is 0 Å². The van der Waals surface area contributed by atoms with Gasteiger partial charge in [-0.1, -0.05) is 0 Å². The average Bonchev–Trinajstić information content (AvgIpc) is 2.65. The molecule has 0 saturated carbocycles. The van der Waals surface area contributed by atoms with Crippen LogP contribution in [0.1, 0.15) is 12.6 Å². The van der Waals surface area contributed by atoms with E-state index < -0.39 is 10.0 Å². The lowest BCUT2D eigenvalue weighted by atomic mass is 10.4. The summed E-state index contributed by atoms with van der Waals surface area (Å²) >= 11 is 0. The standard InChI is InChI=1S/C9H16N2O4S/c1-7(6-15-2)11-16(13,14)9-3-8(5-12)10-4-9/h3-4,7,10-12H,5-6H2,1-2H3. The smallest absolute Gasteiger partial charge is 0.242 e. The maximum absolute atomic E-state index is 11.8. The van der Waals surface area contributed by atoms with E-state index in [1.165, 1.54) is 19.4 Å². The Kier molecular flexibility index (Phi) is 4.48. The fourth-order valence-electron chi connectivity index (χ4n) is 1.28. The number of aliphatic hydroxyl groups is 1. The van der Waals surface area contributed by atoms with Gasteiger partial charge in [0.15, 0.2) is 0 Å². The highest BCUT2D eigenvalue weighted by molar-refractivity contribution is 7.89. The zero-order valence-electron chi connectivity index (χ0n) is 9.23. The molecule has 16 heavy (non-hydrogen) atoms. The van der Waals surface area contributed by atoms with Gasteiger partial charge in [-0.15, -0.1) is 0 Å². The van der Waals surface area contributed by atoms with E-state index in [4.69, 9.17) is 9.84 Å². The number of aliphatic hydroxyl groups excluding tert-OH is 1. The molecule has 92 valence electrons. The van der Waals surface area contributed by atoms with Crippen LogP contribution in [0.3, 0.4) is 0 Å². The first kappa shape index (κ1) is 13.2. The van der Waals surface area contributed by atoms with Gasteiger partial charge in [0.05, 0.1) is 18.1 Å². The van der Waals surface area contributed by atoms with E-state index in [0.717, 1.165) is 0 Å². The molecule has 6 nitrogen and oxygen atoms in total. The Hall–Kier alpha value is -0.890. The lowest BCUT2D eigenvalue weighted by molar-refractivity contribution is 0.180. The van der Waals surface area contributed by atoms with Crippen molar-refractivity contribution in [1.82, 2.24) is 9.71 Å². The van der Waals surface area contributed by atoms with Gasteiger partial charge < -0.3 is 14.8 Å². The number of rotatable bonds is 6. The topological polar surface area (TPSA) is 91.4 Å². The largest absolute Gasteiger partial charge is 0.390 e. The molecule has 0 amide bonds. The molecular weight excluding hydrogens is 232 g/mol. The third kappa shape index (κ3) is 3.31. The molecular formula is C9H16N2O4S. The molecule has 1 atom stereocenters. The first-order valence-corrected chi connectivity index (χ1v) is 6.27. The molecule has 0 aliphatic rings. The summed E-state index contributed by atoms with van der Waals surface area (Å²) in [5.41, 5.74) is 0.458. The van der Waals surface area contributed by atoms with Gasteiger partial charge in [-0.05, 0) is 13.0 Å². The van der Waals surface area contributed by atoms with Crippen LogP contribution in [0.15, 0.2) is 17.2 Å². The Morgan fingerprint density at radius 1 is 1.62 bits per heavy atom.